The predicted octanol–water partition coefficient (Wildman–Crippen LogP) is 10.5. The zero-order valence-corrected chi connectivity index (χ0v) is 23.4. The number of aromatic nitrogens is 2. The Hall–Kier alpha value is -1.96. The van der Waals surface area contributed by atoms with Gasteiger partial charge < -0.3 is 0 Å². The quantitative estimate of drug-likeness (QED) is 0.163. The van der Waals surface area contributed by atoms with Crippen molar-refractivity contribution in [1.29, 1.82) is 0 Å². The van der Waals surface area contributed by atoms with Gasteiger partial charge in [-0.2, -0.15) is 0 Å². The predicted molar refractivity (Wildman–Crippen MR) is 156 cm³/mol. The van der Waals surface area contributed by atoms with Gasteiger partial charge in [-0.3, -0.25) is 0 Å². The van der Waals surface area contributed by atoms with Crippen LogP contribution in [-0.2, 0) is 6.42 Å². The number of unbranched alkanes of at least 4 members (excludes halogenated alkanes) is 8. The van der Waals surface area contributed by atoms with Gasteiger partial charge in [0.15, 0.2) is 5.82 Å². The van der Waals surface area contributed by atoms with Crippen LogP contribution in [0, 0.1) is 11.8 Å². The van der Waals surface area contributed by atoms with Crippen LogP contribution in [0.25, 0.3) is 11.4 Å². The van der Waals surface area contributed by atoms with E-state index >= 15 is 0 Å². The minimum atomic E-state index is 0.596. The maximum Gasteiger partial charge on any atom is 0.159 e. The third-order valence-electron chi connectivity index (χ3n) is 8.47. The summed E-state index contributed by atoms with van der Waals surface area (Å²) in [6, 6.07) is 9.11. The van der Waals surface area contributed by atoms with Gasteiger partial charge in [-0.25, -0.2) is 9.97 Å². The number of benzene rings is 1. The van der Waals surface area contributed by atoms with Gasteiger partial charge in [0.05, 0.1) is 0 Å². The Morgan fingerprint density at radius 3 is 2.06 bits per heavy atom. The Labute approximate surface area is 222 Å². The summed E-state index contributed by atoms with van der Waals surface area (Å²) in [5.41, 5.74) is 3.85. The molecule has 1 aromatic heterocycles. The summed E-state index contributed by atoms with van der Waals surface area (Å²) >= 11 is 0. The highest BCUT2D eigenvalue weighted by Crippen LogP contribution is 2.41. The average Bonchev–Trinajstić information content (AvgIpc) is 2.92. The molecule has 0 bridgehead atoms. The van der Waals surface area contributed by atoms with Crippen LogP contribution in [0.15, 0.2) is 49.3 Å². The van der Waals surface area contributed by atoms with Crippen molar-refractivity contribution in [2.75, 3.05) is 0 Å². The lowest BCUT2D eigenvalue weighted by atomic mass is 9.71. The lowest BCUT2D eigenvalue weighted by Gasteiger charge is -2.34. The van der Waals surface area contributed by atoms with Crippen LogP contribution < -0.4 is 0 Å². The van der Waals surface area contributed by atoms with E-state index in [0.717, 1.165) is 36.1 Å². The van der Waals surface area contributed by atoms with Crippen LogP contribution in [0.2, 0.25) is 0 Å². The molecule has 1 aliphatic rings. The molecule has 3 rings (SSSR count). The molecule has 198 valence electrons. The smallest absolute Gasteiger partial charge is 0.159 e. The molecule has 2 aromatic rings. The Morgan fingerprint density at radius 1 is 0.806 bits per heavy atom. The zero-order valence-electron chi connectivity index (χ0n) is 23.4. The lowest BCUT2D eigenvalue weighted by molar-refractivity contribution is 0.230. The van der Waals surface area contributed by atoms with Crippen molar-refractivity contribution < 1.29 is 0 Å². The molecule has 1 heterocycles. The second-order valence-corrected chi connectivity index (χ2v) is 11.3. The summed E-state index contributed by atoms with van der Waals surface area (Å²) in [5, 5.41) is 0. The van der Waals surface area contributed by atoms with E-state index in [2.05, 4.69) is 50.8 Å². The molecule has 1 aromatic carbocycles. The molecule has 0 N–H and O–H groups in total. The normalized spacial score (nSPS) is 18.7. The molecule has 1 fully saturated rings. The van der Waals surface area contributed by atoms with Crippen LogP contribution in [0.1, 0.15) is 134 Å². The van der Waals surface area contributed by atoms with Crippen LogP contribution in [-0.4, -0.2) is 9.97 Å². The Morgan fingerprint density at radius 2 is 1.42 bits per heavy atom. The number of hydrogen-bond donors (Lipinski definition) is 0. The van der Waals surface area contributed by atoms with E-state index in [1.54, 1.807) is 0 Å². The summed E-state index contributed by atoms with van der Waals surface area (Å²) in [5.74, 6) is 3.19. The lowest BCUT2D eigenvalue weighted by Crippen LogP contribution is -2.20. The van der Waals surface area contributed by atoms with Crippen LogP contribution in [0.3, 0.4) is 0 Å². The van der Waals surface area contributed by atoms with Crippen LogP contribution in [0.5, 0.6) is 0 Å². The number of nitrogens with zero attached hydrogens (tertiary/aromatic N) is 2. The molecule has 0 amide bonds. The fourth-order valence-electron chi connectivity index (χ4n) is 6.14. The Kier molecular flexibility index (Phi) is 13.3. The first kappa shape index (κ1) is 28.6. The maximum absolute atomic E-state index is 4.70. The molecule has 1 unspecified atom stereocenters. The first-order valence-electron chi connectivity index (χ1n) is 15.3. The molecule has 1 aliphatic carbocycles. The maximum atomic E-state index is 4.70. The second kappa shape index (κ2) is 16.7. The molecular formula is C34H52N2. The summed E-state index contributed by atoms with van der Waals surface area (Å²) in [4.78, 5) is 9.40. The summed E-state index contributed by atoms with van der Waals surface area (Å²) in [6.45, 7) is 8.67. The third kappa shape index (κ3) is 9.49. The number of allylic oxidation sites excluding steroid dienone is 1. The van der Waals surface area contributed by atoms with E-state index in [0.29, 0.717) is 5.92 Å². The standard InChI is InChI=1S/C34H52N2/c1-4-7-9-10-11-12-14-17-29-26-35-34(36-27-29)32-24-22-31(23-25-32)33(15-6-3)30-20-18-28(19-21-30)16-13-8-5-2/h6,22-28,30,33H,3-5,7-21H2,1-2H3/t28-,30-,33?. The molecule has 2 nitrogen and oxygen atoms in total. The van der Waals surface area contributed by atoms with E-state index < -0.39 is 0 Å². The summed E-state index contributed by atoms with van der Waals surface area (Å²) < 4.78 is 0. The molecule has 1 atom stereocenters. The van der Waals surface area contributed by atoms with E-state index in [1.165, 1.54) is 107 Å². The monoisotopic (exact) mass is 488 g/mol. The first-order chi connectivity index (χ1) is 17.7. The topological polar surface area (TPSA) is 25.8 Å². The van der Waals surface area contributed by atoms with E-state index in [1.807, 2.05) is 12.4 Å². The van der Waals surface area contributed by atoms with Crippen molar-refractivity contribution in [1.82, 2.24) is 9.97 Å². The van der Waals surface area contributed by atoms with E-state index in [4.69, 9.17) is 9.97 Å². The third-order valence-corrected chi connectivity index (χ3v) is 8.47. The first-order valence-corrected chi connectivity index (χ1v) is 15.3. The average molecular weight is 489 g/mol. The van der Waals surface area contributed by atoms with E-state index in [-0.39, 0.29) is 0 Å². The molecule has 0 aliphatic heterocycles. The van der Waals surface area contributed by atoms with Crippen LogP contribution in [0.4, 0.5) is 0 Å². The molecule has 2 heteroatoms. The van der Waals surface area contributed by atoms with Crippen molar-refractivity contribution in [2.45, 2.75) is 129 Å². The van der Waals surface area contributed by atoms with Gasteiger partial charge in [0.25, 0.3) is 0 Å². The Bertz CT molecular complexity index is 830. The van der Waals surface area contributed by atoms with Crippen molar-refractivity contribution >= 4 is 0 Å². The minimum absolute atomic E-state index is 0.596. The molecule has 0 saturated heterocycles. The van der Waals surface area contributed by atoms with Crippen molar-refractivity contribution in [3.63, 3.8) is 0 Å². The molecule has 36 heavy (non-hydrogen) atoms. The fraction of sp³-hybridized carbons (Fsp3) is 0.647. The fourth-order valence-corrected chi connectivity index (χ4v) is 6.14. The molecule has 0 radical (unpaired) electrons. The van der Waals surface area contributed by atoms with Crippen molar-refractivity contribution in [2.24, 2.45) is 11.8 Å². The highest BCUT2D eigenvalue weighted by molar-refractivity contribution is 5.55. The van der Waals surface area contributed by atoms with Gasteiger partial charge in [0, 0.05) is 18.0 Å². The van der Waals surface area contributed by atoms with Gasteiger partial charge in [0.1, 0.15) is 0 Å². The molecular weight excluding hydrogens is 436 g/mol. The molecule has 1 saturated carbocycles. The highest BCUT2D eigenvalue weighted by atomic mass is 14.9. The SMILES string of the molecule is C=CCC(c1ccc(-c2ncc(CCCCCCCCC)cn2)cc1)[C@H]1CC[C@H](CCCCC)CC1. The minimum Gasteiger partial charge on any atom is -0.236 e. The summed E-state index contributed by atoms with van der Waals surface area (Å²) in [6.07, 6.45) is 28.9. The number of hydrogen-bond acceptors (Lipinski definition) is 2. The van der Waals surface area contributed by atoms with Crippen molar-refractivity contribution in [3.8, 4) is 11.4 Å². The highest BCUT2D eigenvalue weighted by Gasteiger charge is 2.27. The van der Waals surface area contributed by atoms with Gasteiger partial charge in [0.2, 0.25) is 0 Å². The van der Waals surface area contributed by atoms with Gasteiger partial charge >= 0.3 is 0 Å². The zero-order chi connectivity index (χ0) is 25.4. The number of rotatable bonds is 17. The van der Waals surface area contributed by atoms with Gasteiger partial charge in [-0.15, -0.1) is 6.58 Å². The molecule has 0 spiro atoms. The van der Waals surface area contributed by atoms with Crippen molar-refractivity contribution in [3.05, 3.63) is 60.4 Å². The van der Waals surface area contributed by atoms with Gasteiger partial charge in [-0.1, -0.05) is 121 Å². The second-order valence-electron chi connectivity index (χ2n) is 11.3. The van der Waals surface area contributed by atoms with Gasteiger partial charge in [-0.05, 0) is 61.0 Å². The van der Waals surface area contributed by atoms with Crippen LogP contribution >= 0.6 is 0 Å². The largest absolute Gasteiger partial charge is 0.236 e. The number of aryl methyl sites for hydroxylation is 1. The Balaban J connectivity index is 1.49. The van der Waals surface area contributed by atoms with E-state index in [9.17, 15) is 0 Å². The summed E-state index contributed by atoms with van der Waals surface area (Å²) in [7, 11) is 0.